The van der Waals surface area contributed by atoms with E-state index in [9.17, 15) is 0 Å². The van der Waals surface area contributed by atoms with Gasteiger partial charge in [0.25, 0.3) is 0 Å². The molecule has 0 aromatic carbocycles. The van der Waals surface area contributed by atoms with Gasteiger partial charge in [-0.15, -0.1) is 0 Å². The molecule has 0 aliphatic heterocycles. The number of hydrogen-bond acceptors (Lipinski definition) is 2. The van der Waals surface area contributed by atoms with E-state index < -0.39 is 0 Å². The highest BCUT2D eigenvalue weighted by molar-refractivity contribution is 7.98. The summed E-state index contributed by atoms with van der Waals surface area (Å²) in [6, 6.07) is 0.620. The third-order valence-corrected chi connectivity index (χ3v) is 2.42. The third kappa shape index (κ3) is 4.49. The summed E-state index contributed by atoms with van der Waals surface area (Å²) < 4.78 is 0. The Morgan fingerprint density at radius 1 is 1.67 bits per heavy atom. The smallest absolute Gasteiger partial charge is 0.188 e. The molecule has 12 heavy (non-hydrogen) atoms. The van der Waals surface area contributed by atoms with Crippen LogP contribution in [0.15, 0.2) is 4.99 Å². The summed E-state index contributed by atoms with van der Waals surface area (Å²) in [5.41, 5.74) is 5.63. The van der Waals surface area contributed by atoms with Crippen molar-refractivity contribution in [3.63, 3.8) is 0 Å². The lowest BCUT2D eigenvalue weighted by atomic mass is 10.5. The van der Waals surface area contributed by atoms with E-state index in [0.29, 0.717) is 12.0 Å². The zero-order valence-corrected chi connectivity index (χ0v) is 8.36. The first-order valence-corrected chi connectivity index (χ1v) is 5.77. The first kappa shape index (κ1) is 9.71. The van der Waals surface area contributed by atoms with Gasteiger partial charge in [0.05, 0.1) is 0 Å². The SMILES string of the molecule is CSCCCN=C(N)NC1CC1. The minimum atomic E-state index is 0.620. The molecule has 3 N–H and O–H groups in total. The Bertz CT molecular complexity index is 154. The maximum Gasteiger partial charge on any atom is 0.188 e. The first-order valence-electron chi connectivity index (χ1n) is 4.38. The highest BCUT2D eigenvalue weighted by atomic mass is 32.2. The van der Waals surface area contributed by atoms with E-state index in [1.165, 1.54) is 18.6 Å². The summed E-state index contributed by atoms with van der Waals surface area (Å²) in [6.07, 6.45) is 5.73. The third-order valence-electron chi connectivity index (χ3n) is 1.72. The van der Waals surface area contributed by atoms with Crippen LogP contribution in [0.3, 0.4) is 0 Å². The Hall–Kier alpha value is -0.380. The molecule has 1 aliphatic carbocycles. The lowest BCUT2D eigenvalue weighted by molar-refractivity contribution is 0.864. The maximum atomic E-state index is 5.63. The predicted molar refractivity (Wildman–Crippen MR) is 55.6 cm³/mol. The van der Waals surface area contributed by atoms with Crippen LogP contribution in [-0.2, 0) is 0 Å². The fourth-order valence-electron chi connectivity index (χ4n) is 0.891. The number of nitrogens with zero attached hydrogens (tertiary/aromatic N) is 1. The molecule has 0 aromatic rings. The molecule has 70 valence electrons. The Labute approximate surface area is 78.2 Å². The van der Waals surface area contributed by atoms with Crippen molar-refractivity contribution < 1.29 is 0 Å². The lowest BCUT2D eigenvalue weighted by Gasteiger charge is -2.01. The predicted octanol–water partition coefficient (Wildman–Crippen LogP) is 0.806. The van der Waals surface area contributed by atoms with Crippen molar-refractivity contribution in [1.29, 1.82) is 0 Å². The summed E-state index contributed by atoms with van der Waals surface area (Å²) >= 11 is 1.85. The number of hydrogen-bond donors (Lipinski definition) is 2. The van der Waals surface area contributed by atoms with Gasteiger partial charge in [0.15, 0.2) is 5.96 Å². The zero-order chi connectivity index (χ0) is 8.81. The van der Waals surface area contributed by atoms with Gasteiger partial charge in [-0.25, -0.2) is 0 Å². The molecule has 0 bridgehead atoms. The van der Waals surface area contributed by atoms with E-state index in [1.807, 2.05) is 11.8 Å². The van der Waals surface area contributed by atoms with Crippen LogP contribution in [0.25, 0.3) is 0 Å². The van der Waals surface area contributed by atoms with Crippen molar-refractivity contribution in [2.24, 2.45) is 10.7 Å². The van der Waals surface area contributed by atoms with Crippen molar-refractivity contribution >= 4 is 17.7 Å². The molecule has 1 fully saturated rings. The molecule has 0 amide bonds. The van der Waals surface area contributed by atoms with E-state index in [4.69, 9.17) is 5.73 Å². The van der Waals surface area contributed by atoms with E-state index in [0.717, 1.165) is 13.0 Å². The van der Waals surface area contributed by atoms with E-state index in [-0.39, 0.29) is 0 Å². The van der Waals surface area contributed by atoms with Gasteiger partial charge in [-0.05, 0) is 31.3 Å². The van der Waals surface area contributed by atoms with E-state index in [2.05, 4.69) is 16.6 Å². The quantitative estimate of drug-likeness (QED) is 0.380. The minimum Gasteiger partial charge on any atom is -0.370 e. The van der Waals surface area contributed by atoms with Gasteiger partial charge in [0.1, 0.15) is 0 Å². The summed E-state index contributed by atoms with van der Waals surface area (Å²) in [6.45, 7) is 0.854. The number of nitrogens with one attached hydrogen (secondary N) is 1. The average Bonchev–Trinajstić information content (AvgIpc) is 2.82. The van der Waals surface area contributed by atoms with Crippen molar-refractivity contribution in [3.8, 4) is 0 Å². The number of nitrogens with two attached hydrogens (primary N) is 1. The molecule has 1 rings (SSSR count). The van der Waals surface area contributed by atoms with Crippen molar-refractivity contribution in [1.82, 2.24) is 5.32 Å². The van der Waals surface area contributed by atoms with Crippen LogP contribution >= 0.6 is 11.8 Å². The van der Waals surface area contributed by atoms with Gasteiger partial charge in [0.2, 0.25) is 0 Å². The Morgan fingerprint density at radius 2 is 2.42 bits per heavy atom. The van der Waals surface area contributed by atoms with Crippen LogP contribution in [-0.4, -0.2) is 30.6 Å². The number of thioether (sulfide) groups is 1. The van der Waals surface area contributed by atoms with Crippen molar-refractivity contribution in [2.75, 3.05) is 18.6 Å². The minimum absolute atomic E-state index is 0.620. The number of aliphatic imine (C=N–C) groups is 1. The molecular formula is C8H17N3S. The molecule has 0 atom stereocenters. The standard InChI is InChI=1S/C8H17N3S/c1-12-6-2-5-10-8(9)11-7-3-4-7/h7H,2-6H2,1H3,(H3,9,10,11). The van der Waals surface area contributed by atoms with Crippen LogP contribution in [0.4, 0.5) is 0 Å². The topological polar surface area (TPSA) is 50.4 Å². The fourth-order valence-corrected chi connectivity index (χ4v) is 1.31. The van der Waals surface area contributed by atoms with Gasteiger partial charge in [-0.3, -0.25) is 4.99 Å². The molecule has 0 spiro atoms. The van der Waals surface area contributed by atoms with E-state index in [1.54, 1.807) is 0 Å². The molecular weight excluding hydrogens is 170 g/mol. The van der Waals surface area contributed by atoms with Gasteiger partial charge in [-0.1, -0.05) is 0 Å². The Morgan fingerprint density at radius 3 is 3.00 bits per heavy atom. The van der Waals surface area contributed by atoms with Crippen LogP contribution in [0.5, 0.6) is 0 Å². The highest BCUT2D eigenvalue weighted by Crippen LogP contribution is 2.17. The van der Waals surface area contributed by atoms with Crippen LogP contribution < -0.4 is 11.1 Å². The van der Waals surface area contributed by atoms with Gasteiger partial charge < -0.3 is 11.1 Å². The molecule has 0 radical (unpaired) electrons. The molecule has 0 unspecified atom stereocenters. The molecule has 0 saturated heterocycles. The fraction of sp³-hybridized carbons (Fsp3) is 0.875. The van der Waals surface area contributed by atoms with Gasteiger partial charge >= 0.3 is 0 Å². The molecule has 0 heterocycles. The summed E-state index contributed by atoms with van der Waals surface area (Å²) in [4.78, 5) is 4.21. The van der Waals surface area contributed by atoms with Crippen LogP contribution in [0.1, 0.15) is 19.3 Å². The maximum absolute atomic E-state index is 5.63. The largest absolute Gasteiger partial charge is 0.370 e. The summed E-state index contributed by atoms with van der Waals surface area (Å²) in [5, 5.41) is 3.15. The molecule has 1 aliphatic rings. The molecule has 3 nitrogen and oxygen atoms in total. The van der Waals surface area contributed by atoms with Gasteiger partial charge in [-0.2, -0.15) is 11.8 Å². The second-order valence-corrected chi connectivity index (χ2v) is 4.02. The molecule has 0 aromatic heterocycles. The van der Waals surface area contributed by atoms with Crippen molar-refractivity contribution in [3.05, 3.63) is 0 Å². The number of rotatable bonds is 5. The van der Waals surface area contributed by atoms with Crippen molar-refractivity contribution in [2.45, 2.75) is 25.3 Å². The van der Waals surface area contributed by atoms with E-state index >= 15 is 0 Å². The second-order valence-electron chi connectivity index (χ2n) is 3.03. The highest BCUT2D eigenvalue weighted by Gasteiger charge is 2.20. The number of guanidine groups is 1. The Kier molecular flexibility index (Phi) is 4.29. The average molecular weight is 187 g/mol. The Balaban J connectivity index is 1.99. The van der Waals surface area contributed by atoms with Crippen LogP contribution in [0, 0.1) is 0 Å². The second kappa shape index (κ2) is 5.30. The monoisotopic (exact) mass is 187 g/mol. The first-order chi connectivity index (χ1) is 5.83. The molecule has 1 saturated carbocycles. The lowest BCUT2D eigenvalue weighted by Crippen LogP contribution is -2.33. The zero-order valence-electron chi connectivity index (χ0n) is 7.55. The molecule has 4 heteroatoms. The van der Waals surface area contributed by atoms with Gasteiger partial charge in [0, 0.05) is 12.6 Å². The summed E-state index contributed by atoms with van der Waals surface area (Å²) in [5.74, 6) is 1.79. The van der Waals surface area contributed by atoms with Crippen LogP contribution in [0.2, 0.25) is 0 Å². The normalized spacial score (nSPS) is 17.9. The summed E-state index contributed by atoms with van der Waals surface area (Å²) in [7, 11) is 0.